The molecular formula is C15H18N2O4S. The van der Waals surface area contributed by atoms with Gasteiger partial charge in [0, 0.05) is 11.4 Å². The Labute approximate surface area is 128 Å². The van der Waals surface area contributed by atoms with Gasteiger partial charge in [-0.2, -0.15) is 0 Å². The lowest BCUT2D eigenvalue weighted by Crippen LogP contribution is -2.43. The molecule has 0 saturated carbocycles. The van der Waals surface area contributed by atoms with Crippen LogP contribution in [0.15, 0.2) is 34.7 Å². The van der Waals surface area contributed by atoms with Crippen LogP contribution in [0.3, 0.4) is 0 Å². The number of hydrogen-bond donors (Lipinski definition) is 2. The summed E-state index contributed by atoms with van der Waals surface area (Å²) in [5.74, 6) is 0.812. The lowest BCUT2D eigenvalue weighted by Gasteiger charge is -2.15. The molecule has 118 valence electrons. The van der Waals surface area contributed by atoms with Crippen LogP contribution in [0.1, 0.15) is 25.1 Å². The van der Waals surface area contributed by atoms with Crippen LogP contribution >= 0.6 is 0 Å². The van der Waals surface area contributed by atoms with Crippen molar-refractivity contribution in [1.29, 1.82) is 0 Å². The molecule has 0 unspecified atom stereocenters. The standard InChI is InChI=1S/C15H18N2O4S/c1-10(14-8-11-4-2-3-5-13(11)21-14)16-15(18)17-12-6-7-22(19,20)9-12/h2-5,8,10,12H,6-7,9H2,1H3,(H2,16,17,18)/t10-,12+/m1/s1. The molecule has 1 saturated heterocycles. The van der Waals surface area contributed by atoms with Gasteiger partial charge in [-0.1, -0.05) is 18.2 Å². The topological polar surface area (TPSA) is 88.4 Å². The predicted molar refractivity (Wildman–Crippen MR) is 83.4 cm³/mol. The number of nitrogens with one attached hydrogen (secondary N) is 2. The first-order chi connectivity index (χ1) is 10.4. The van der Waals surface area contributed by atoms with Crippen molar-refractivity contribution in [1.82, 2.24) is 10.6 Å². The first kappa shape index (κ1) is 14.9. The zero-order valence-electron chi connectivity index (χ0n) is 12.2. The monoisotopic (exact) mass is 322 g/mol. The zero-order chi connectivity index (χ0) is 15.7. The first-order valence-corrected chi connectivity index (χ1v) is 9.01. The van der Waals surface area contributed by atoms with Gasteiger partial charge in [0.1, 0.15) is 11.3 Å². The van der Waals surface area contributed by atoms with E-state index in [9.17, 15) is 13.2 Å². The molecule has 1 fully saturated rings. The summed E-state index contributed by atoms with van der Waals surface area (Å²) in [4.78, 5) is 12.0. The van der Waals surface area contributed by atoms with Crippen LogP contribution in [0.2, 0.25) is 0 Å². The third-order valence-corrected chi connectivity index (χ3v) is 5.55. The van der Waals surface area contributed by atoms with Gasteiger partial charge in [-0.3, -0.25) is 0 Å². The van der Waals surface area contributed by atoms with E-state index < -0.39 is 9.84 Å². The smallest absolute Gasteiger partial charge is 0.315 e. The Kier molecular flexibility index (Phi) is 3.82. The predicted octanol–water partition coefficient (Wildman–Crippen LogP) is 1.98. The van der Waals surface area contributed by atoms with Gasteiger partial charge in [-0.05, 0) is 25.5 Å². The van der Waals surface area contributed by atoms with E-state index in [0.29, 0.717) is 12.2 Å². The Hall–Kier alpha value is -2.02. The molecule has 1 aromatic carbocycles. The van der Waals surface area contributed by atoms with Crippen molar-refractivity contribution in [3.05, 3.63) is 36.1 Å². The fraction of sp³-hybridized carbons (Fsp3) is 0.400. The number of sulfone groups is 1. The third kappa shape index (κ3) is 3.24. The second kappa shape index (κ2) is 5.64. The first-order valence-electron chi connectivity index (χ1n) is 7.19. The van der Waals surface area contributed by atoms with E-state index >= 15 is 0 Å². The van der Waals surface area contributed by atoms with E-state index in [1.807, 2.05) is 37.3 Å². The average molecular weight is 322 g/mol. The molecule has 0 bridgehead atoms. The lowest BCUT2D eigenvalue weighted by molar-refractivity contribution is 0.233. The molecule has 2 aromatic rings. The van der Waals surface area contributed by atoms with Crippen molar-refractivity contribution in [2.24, 2.45) is 0 Å². The fourth-order valence-electron chi connectivity index (χ4n) is 2.62. The van der Waals surface area contributed by atoms with Crippen molar-refractivity contribution in [2.75, 3.05) is 11.5 Å². The lowest BCUT2D eigenvalue weighted by atomic mass is 10.2. The van der Waals surface area contributed by atoms with Crippen LogP contribution in [-0.2, 0) is 9.84 Å². The van der Waals surface area contributed by atoms with Crippen LogP contribution in [0.25, 0.3) is 11.0 Å². The molecule has 22 heavy (non-hydrogen) atoms. The summed E-state index contributed by atoms with van der Waals surface area (Å²) in [5.41, 5.74) is 0.772. The molecule has 0 spiro atoms. The molecule has 1 aliphatic heterocycles. The van der Waals surface area contributed by atoms with Gasteiger partial charge in [0.05, 0.1) is 17.5 Å². The SMILES string of the molecule is C[C@@H](NC(=O)N[C@H]1CCS(=O)(=O)C1)c1cc2ccccc2o1. The molecule has 1 aromatic heterocycles. The summed E-state index contributed by atoms with van der Waals surface area (Å²) >= 11 is 0. The average Bonchev–Trinajstić information content (AvgIpc) is 3.01. The Bertz CT molecular complexity index is 764. The molecule has 2 amide bonds. The number of carbonyl (C=O) groups excluding carboxylic acids is 1. The second-order valence-electron chi connectivity index (χ2n) is 5.63. The summed E-state index contributed by atoms with van der Waals surface area (Å²) in [7, 11) is -3.00. The molecule has 0 radical (unpaired) electrons. The maximum atomic E-state index is 12.0. The van der Waals surface area contributed by atoms with E-state index in [0.717, 1.165) is 11.0 Å². The number of amides is 2. The molecule has 2 N–H and O–H groups in total. The number of furan rings is 1. The van der Waals surface area contributed by atoms with Gasteiger partial charge in [-0.15, -0.1) is 0 Å². The summed E-state index contributed by atoms with van der Waals surface area (Å²) < 4.78 is 28.5. The zero-order valence-corrected chi connectivity index (χ0v) is 13.0. The minimum atomic E-state index is -3.00. The largest absolute Gasteiger partial charge is 0.459 e. The van der Waals surface area contributed by atoms with E-state index in [-0.39, 0.29) is 29.6 Å². The van der Waals surface area contributed by atoms with Crippen LogP contribution in [-0.4, -0.2) is 32.0 Å². The quantitative estimate of drug-likeness (QED) is 0.904. The highest BCUT2D eigenvalue weighted by Gasteiger charge is 2.29. The Morgan fingerprint density at radius 2 is 2.14 bits per heavy atom. The van der Waals surface area contributed by atoms with Crippen LogP contribution < -0.4 is 10.6 Å². The molecule has 2 heterocycles. The van der Waals surface area contributed by atoms with Crippen LogP contribution in [0.4, 0.5) is 4.79 Å². The molecule has 2 atom stereocenters. The van der Waals surface area contributed by atoms with Gasteiger partial charge in [0.15, 0.2) is 9.84 Å². The van der Waals surface area contributed by atoms with Gasteiger partial charge in [0.25, 0.3) is 0 Å². The highest BCUT2D eigenvalue weighted by atomic mass is 32.2. The van der Waals surface area contributed by atoms with Crippen molar-refractivity contribution in [2.45, 2.75) is 25.4 Å². The number of rotatable bonds is 3. The van der Waals surface area contributed by atoms with Crippen molar-refractivity contribution in [3.8, 4) is 0 Å². The number of benzene rings is 1. The van der Waals surface area contributed by atoms with Crippen molar-refractivity contribution in [3.63, 3.8) is 0 Å². The van der Waals surface area contributed by atoms with Gasteiger partial charge < -0.3 is 15.1 Å². The minimum absolute atomic E-state index is 0.0133. The molecule has 3 rings (SSSR count). The Balaban J connectivity index is 1.61. The number of carbonyl (C=O) groups is 1. The van der Waals surface area contributed by atoms with Gasteiger partial charge >= 0.3 is 6.03 Å². The van der Waals surface area contributed by atoms with Crippen LogP contribution in [0.5, 0.6) is 0 Å². The van der Waals surface area contributed by atoms with Gasteiger partial charge in [0.2, 0.25) is 0 Å². The minimum Gasteiger partial charge on any atom is -0.459 e. The Morgan fingerprint density at radius 3 is 2.82 bits per heavy atom. The molecular weight excluding hydrogens is 304 g/mol. The molecule has 7 heteroatoms. The maximum absolute atomic E-state index is 12.0. The van der Waals surface area contributed by atoms with E-state index in [4.69, 9.17) is 4.42 Å². The molecule has 1 aliphatic rings. The summed E-state index contributed by atoms with van der Waals surface area (Å²) in [6.45, 7) is 1.82. The van der Waals surface area contributed by atoms with Crippen molar-refractivity contribution < 1.29 is 17.6 Å². The second-order valence-corrected chi connectivity index (χ2v) is 7.85. The van der Waals surface area contributed by atoms with E-state index in [1.54, 1.807) is 0 Å². The maximum Gasteiger partial charge on any atom is 0.315 e. The normalized spacial score (nSPS) is 21.6. The summed E-state index contributed by atoms with van der Waals surface area (Å²) in [6, 6.07) is 8.52. The van der Waals surface area contributed by atoms with E-state index in [1.165, 1.54) is 0 Å². The fourth-order valence-corrected chi connectivity index (χ4v) is 4.29. The molecule has 0 aliphatic carbocycles. The number of hydrogen-bond acceptors (Lipinski definition) is 4. The van der Waals surface area contributed by atoms with Crippen molar-refractivity contribution >= 4 is 26.8 Å². The summed E-state index contributed by atoms with van der Waals surface area (Å²) in [6.07, 6.45) is 0.467. The number of urea groups is 1. The van der Waals surface area contributed by atoms with Gasteiger partial charge in [-0.25, -0.2) is 13.2 Å². The highest BCUT2D eigenvalue weighted by molar-refractivity contribution is 7.91. The van der Waals surface area contributed by atoms with E-state index in [2.05, 4.69) is 10.6 Å². The summed E-state index contributed by atoms with van der Waals surface area (Å²) in [5, 5.41) is 6.45. The third-order valence-electron chi connectivity index (χ3n) is 3.79. The number of fused-ring (bicyclic) bond motifs is 1. The molecule has 6 nitrogen and oxygen atoms in total. The highest BCUT2D eigenvalue weighted by Crippen LogP contribution is 2.23. The van der Waals surface area contributed by atoms with Crippen LogP contribution in [0, 0.1) is 0 Å². The Morgan fingerprint density at radius 1 is 1.36 bits per heavy atom. The number of para-hydroxylation sites is 1.